The highest BCUT2D eigenvalue weighted by molar-refractivity contribution is 5.89. The van der Waals surface area contributed by atoms with E-state index in [0.29, 0.717) is 13.0 Å². The molecule has 6 nitrogen and oxygen atoms in total. The second kappa shape index (κ2) is 10.2. The Morgan fingerprint density at radius 2 is 1.91 bits per heavy atom. The van der Waals surface area contributed by atoms with Crippen LogP contribution in [0, 0.1) is 5.92 Å². The van der Waals surface area contributed by atoms with Crippen molar-refractivity contribution in [2.24, 2.45) is 5.92 Å². The lowest BCUT2D eigenvalue weighted by atomic mass is 10.1. The summed E-state index contributed by atoms with van der Waals surface area (Å²) in [7, 11) is 3.18. The zero-order chi connectivity index (χ0) is 16.4. The van der Waals surface area contributed by atoms with Crippen LogP contribution in [0.15, 0.2) is 30.3 Å². The average Bonchev–Trinajstić information content (AvgIpc) is 2.98. The molecule has 1 saturated heterocycles. The van der Waals surface area contributed by atoms with Crippen LogP contribution in [0.1, 0.15) is 20.3 Å². The zero-order valence-corrected chi connectivity index (χ0v) is 13.7. The van der Waals surface area contributed by atoms with Crippen molar-refractivity contribution in [2.45, 2.75) is 32.8 Å². The minimum atomic E-state index is -0.350. The Kier molecular flexibility index (Phi) is 8.50. The van der Waals surface area contributed by atoms with Gasteiger partial charge in [0.15, 0.2) is 12.6 Å². The molecule has 0 spiro atoms. The van der Waals surface area contributed by atoms with Gasteiger partial charge in [-0.05, 0) is 12.1 Å². The maximum Gasteiger partial charge on any atom is 0.319 e. The first-order chi connectivity index (χ1) is 10.7. The zero-order valence-electron chi connectivity index (χ0n) is 13.7. The fourth-order valence-electron chi connectivity index (χ4n) is 2.17. The van der Waals surface area contributed by atoms with Gasteiger partial charge in [-0.15, -0.1) is 0 Å². The molecular formula is C16H26N2O4. The van der Waals surface area contributed by atoms with Crippen molar-refractivity contribution in [1.82, 2.24) is 5.32 Å². The van der Waals surface area contributed by atoms with Gasteiger partial charge in [-0.3, -0.25) is 0 Å². The molecule has 22 heavy (non-hydrogen) atoms. The van der Waals surface area contributed by atoms with Crippen LogP contribution in [-0.4, -0.2) is 39.4 Å². The second-order valence-corrected chi connectivity index (χ2v) is 4.60. The van der Waals surface area contributed by atoms with Crippen molar-refractivity contribution < 1.29 is 19.0 Å². The van der Waals surface area contributed by atoms with E-state index < -0.39 is 0 Å². The third kappa shape index (κ3) is 5.63. The van der Waals surface area contributed by atoms with Crippen molar-refractivity contribution in [3.05, 3.63) is 30.3 Å². The Balaban J connectivity index is 0.00000116. The summed E-state index contributed by atoms with van der Waals surface area (Å²) in [5, 5.41) is 5.58. The molecule has 1 aliphatic rings. The van der Waals surface area contributed by atoms with Gasteiger partial charge in [-0.25, -0.2) is 4.79 Å². The first-order valence-electron chi connectivity index (χ1n) is 7.54. The maximum absolute atomic E-state index is 11.8. The van der Waals surface area contributed by atoms with E-state index in [2.05, 4.69) is 10.6 Å². The van der Waals surface area contributed by atoms with Gasteiger partial charge < -0.3 is 24.8 Å². The number of carbonyl (C=O) groups is 1. The number of anilines is 1. The van der Waals surface area contributed by atoms with Gasteiger partial charge >= 0.3 is 6.03 Å². The average molecular weight is 310 g/mol. The lowest BCUT2D eigenvalue weighted by Crippen LogP contribution is -2.36. The molecule has 0 aromatic heterocycles. The van der Waals surface area contributed by atoms with Crippen molar-refractivity contribution in [1.29, 1.82) is 0 Å². The van der Waals surface area contributed by atoms with Gasteiger partial charge in [-0.1, -0.05) is 32.0 Å². The molecule has 1 aromatic rings. The molecular weight excluding hydrogens is 284 g/mol. The molecule has 2 N–H and O–H groups in total. The summed E-state index contributed by atoms with van der Waals surface area (Å²) in [4.78, 5) is 11.8. The number of nitrogens with one attached hydrogen (secondary N) is 2. The van der Waals surface area contributed by atoms with E-state index in [1.165, 1.54) is 0 Å². The van der Waals surface area contributed by atoms with Gasteiger partial charge in [0.1, 0.15) is 0 Å². The fraction of sp³-hybridized carbons (Fsp3) is 0.562. The predicted molar refractivity (Wildman–Crippen MR) is 85.6 cm³/mol. The number of ether oxygens (including phenoxy) is 3. The van der Waals surface area contributed by atoms with Crippen molar-refractivity contribution in [3.8, 4) is 0 Å². The predicted octanol–water partition coefficient (Wildman–Crippen LogP) is 2.82. The molecule has 3 unspecified atom stereocenters. The van der Waals surface area contributed by atoms with Crippen molar-refractivity contribution in [3.63, 3.8) is 0 Å². The molecule has 0 saturated carbocycles. The van der Waals surface area contributed by atoms with E-state index in [1.807, 2.05) is 44.2 Å². The van der Waals surface area contributed by atoms with Crippen LogP contribution < -0.4 is 10.6 Å². The SMILES string of the molecule is CC.COC1CC(CNC(=O)Nc2ccccc2)C(OC)O1. The van der Waals surface area contributed by atoms with Crippen LogP contribution >= 0.6 is 0 Å². The molecule has 2 amide bonds. The number of rotatable bonds is 5. The largest absolute Gasteiger partial charge is 0.356 e. The standard InChI is InChI=1S/C14H20N2O4.C2H6/c1-18-12-8-10(13(19-2)20-12)9-15-14(17)16-11-6-4-3-5-7-11;1-2/h3-7,10,12-13H,8-9H2,1-2H3,(H2,15,16,17);1-2H3. The number of carbonyl (C=O) groups excluding carboxylic acids is 1. The molecule has 1 aliphatic heterocycles. The van der Waals surface area contributed by atoms with Crippen LogP contribution in [0.25, 0.3) is 0 Å². The topological polar surface area (TPSA) is 68.8 Å². The lowest BCUT2D eigenvalue weighted by Gasteiger charge is -2.17. The molecule has 2 rings (SSSR count). The number of urea groups is 1. The number of para-hydroxylation sites is 1. The third-order valence-electron chi connectivity index (χ3n) is 3.22. The molecule has 3 atom stereocenters. The number of amides is 2. The molecule has 6 heteroatoms. The van der Waals surface area contributed by atoms with Crippen LogP contribution in [-0.2, 0) is 14.2 Å². The highest BCUT2D eigenvalue weighted by Gasteiger charge is 2.35. The van der Waals surface area contributed by atoms with Crippen LogP contribution in [0.3, 0.4) is 0 Å². The lowest BCUT2D eigenvalue weighted by molar-refractivity contribution is -0.192. The molecule has 0 bridgehead atoms. The van der Waals surface area contributed by atoms with Gasteiger partial charge in [0, 0.05) is 38.8 Å². The fourth-order valence-corrected chi connectivity index (χ4v) is 2.17. The van der Waals surface area contributed by atoms with Crippen molar-refractivity contribution >= 4 is 11.7 Å². The van der Waals surface area contributed by atoms with Crippen LogP contribution in [0.5, 0.6) is 0 Å². The van der Waals surface area contributed by atoms with E-state index in [9.17, 15) is 4.79 Å². The Morgan fingerprint density at radius 1 is 1.23 bits per heavy atom. The Hall–Kier alpha value is -1.63. The highest BCUT2D eigenvalue weighted by atomic mass is 16.8. The summed E-state index contributed by atoms with van der Waals surface area (Å²) in [6.45, 7) is 4.47. The molecule has 0 aliphatic carbocycles. The van der Waals surface area contributed by atoms with E-state index in [4.69, 9.17) is 14.2 Å². The summed E-state index contributed by atoms with van der Waals surface area (Å²) < 4.78 is 15.9. The Morgan fingerprint density at radius 3 is 2.50 bits per heavy atom. The minimum Gasteiger partial charge on any atom is -0.356 e. The van der Waals surface area contributed by atoms with E-state index in [-0.39, 0.29) is 24.5 Å². The number of benzene rings is 1. The Bertz CT molecular complexity index is 427. The Labute approximate surface area is 132 Å². The molecule has 1 aromatic carbocycles. The first kappa shape index (κ1) is 18.4. The number of hydrogen-bond donors (Lipinski definition) is 2. The molecule has 0 radical (unpaired) electrons. The monoisotopic (exact) mass is 310 g/mol. The van der Waals surface area contributed by atoms with Gasteiger partial charge in [-0.2, -0.15) is 0 Å². The smallest absolute Gasteiger partial charge is 0.319 e. The number of hydrogen-bond acceptors (Lipinski definition) is 4. The third-order valence-corrected chi connectivity index (χ3v) is 3.22. The number of methoxy groups -OCH3 is 2. The second-order valence-electron chi connectivity index (χ2n) is 4.60. The summed E-state index contributed by atoms with van der Waals surface area (Å²) in [6.07, 6.45) is 0.0709. The van der Waals surface area contributed by atoms with Gasteiger partial charge in [0.25, 0.3) is 0 Å². The molecule has 124 valence electrons. The van der Waals surface area contributed by atoms with E-state index in [0.717, 1.165) is 5.69 Å². The van der Waals surface area contributed by atoms with Crippen LogP contribution in [0.4, 0.5) is 10.5 Å². The maximum atomic E-state index is 11.8. The summed E-state index contributed by atoms with van der Waals surface area (Å²) in [6, 6.07) is 9.04. The van der Waals surface area contributed by atoms with Crippen molar-refractivity contribution in [2.75, 3.05) is 26.1 Å². The summed E-state index contributed by atoms with van der Waals surface area (Å²) in [5.41, 5.74) is 0.755. The molecule has 1 heterocycles. The van der Waals surface area contributed by atoms with E-state index in [1.54, 1.807) is 14.2 Å². The van der Waals surface area contributed by atoms with Crippen LogP contribution in [0.2, 0.25) is 0 Å². The minimum absolute atomic E-state index is 0.0754. The van der Waals surface area contributed by atoms with Gasteiger partial charge in [0.2, 0.25) is 0 Å². The quantitative estimate of drug-likeness (QED) is 0.877. The summed E-state index contributed by atoms with van der Waals surface area (Å²) >= 11 is 0. The summed E-state index contributed by atoms with van der Waals surface area (Å²) in [5.74, 6) is 0.0754. The van der Waals surface area contributed by atoms with Gasteiger partial charge in [0.05, 0.1) is 0 Å². The molecule has 1 fully saturated rings. The van der Waals surface area contributed by atoms with E-state index >= 15 is 0 Å². The first-order valence-corrected chi connectivity index (χ1v) is 7.54. The highest BCUT2D eigenvalue weighted by Crippen LogP contribution is 2.26. The normalized spacial score (nSPS) is 23.4.